The van der Waals surface area contributed by atoms with Crippen LogP contribution in [0.4, 0.5) is 0 Å². The van der Waals surface area contributed by atoms with Gasteiger partial charge < -0.3 is 0 Å². The summed E-state index contributed by atoms with van der Waals surface area (Å²) < 4.78 is 2.67. The molecule has 2 rings (SSSR count). The monoisotopic (exact) mass is 238 g/mol. The fourth-order valence-electron chi connectivity index (χ4n) is 1.36. The van der Waals surface area contributed by atoms with Crippen LogP contribution in [0.3, 0.4) is 0 Å². The van der Waals surface area contributed by atoms with Crippen LogP contribution in [0, 0.1) is 0 Å². The third kappa shape index (κ3) is 1.27. The minimum Gasteiger partial charge on any atom is -0.298 e. The van der Waals surface area contributed by atoms with Gasteiger partial charge in [-0.05, 0) is 28.1 Å². The van der Waals surface area contributed by atoms with E-state index in [0.717, 1.165) is 21.7 Å². The van der Waals surface area contributed by atoms with Gasteiger partial charge in [-0.25, -0.2) is 0 Å². The summed E-state index contributed by atoms with van der Waals surface area (Å²) >= 11 is 3.40. The third-order valence-electron chi connectivity index (χ3n) is 1.94. The number of rotatable bonds is 1. The molecule has 13 heavy (non-hydrogen) atoms. The number of carbonyl (C=O) groups excluding carboxylic acids is 1. The highest BCUT2D eigenvalue weighted by atomic mass is 79.9. The minimum atomic E-state index is 0.660. The van der Waals surface area contributed by atoms with Gasteiger partial charge in [0.05, 0.1) is 11.7 Å². The first-order chi connectivity index (χ1) is 6.22. The first-order valence-corrected chi connectivity index (χ1v) is 4.58. The summed E-state index contributed by atoms with van der Waals surface area (Å²) in [5.74, 6) is 0. The zero-order valence-electron chi connectivity index (χ0n) is 6.99. The van der Waals surface area contributed by atoms with E-state index in [9.17, 15) is 4.79 Å². The Balaban J connectivity index is 2.86. The zero-order chi connectivity index (χ0) is 9.42. The largest absolute Gasteiger partial charge is 0.298 e. The molecule has 0 aliphatic rings. The molecular weight excluding hydrogens is 232 g/mol. The highest BCUT2D eigenvalue weighted by Crippen LogP contribution is 2.24. The molecule has 66 valence electrons. The number of aromatic nitrogens is 2. The molecular formula is C9H7BrN2O. The van der Waals surface area contributed by atoms with E-state index in [0.29, 0.717) is 5.56 Å². The van der Waals surface area contributed by atoms with Gasteiger partial charge in [0.15, 0.2) is 0 Å². The van der Waals surface area contributed by atoms with Crippen LogP contribution in [0.15, 0.2) is 22.8 Å². The van der Waals surface area contributed by atoms with Crippen LogP contribution in [-0.2, 0) is 7.05 Å². The smallest absolute Gasteiger partial charge is 0.150 e. The number of hydrogen-bond donors (Lipinski definition) is 0. The van der Waals surface area contributed by atoms with Crippen LogP contribution in [0.5, 0.6) is 0 Å². The van der Waals surface area contributed by atoms with Crippen molar-refractivity contribution in [2.75, 3.05) is 0 Å². The van der Waals surface area contributed by atoms with Crippen LogP contribution in [-0.4, -0.2) is 16.1 Å². The van der Waals surface area contributed by atoms with E-state index in [2.05, 4.69) is 21.0 Å². The lowest BCUT2D eigenvalue weighted by Gasteiger charge is -1.98. The van der Waals surface area contributed by atoms with E-state index < -0.39 is 0 Å². The van der Waals surface area contributed by atoms with Crippen molar-refractivity contribution in [1.82, 2.24) is 9.78 Å². The second kappa shape index (κ2) is 2.96. The summed E-state index contributed by atoms with van der Waals surface area (Å²) in [5, 5.41) is 5.07. The van der Waals surface area contributed by atoms with Crippen molar-refractivity contribution in [3.05, 3.63) is 28.4 Å². The number of halogens is 1. The minimum absolute atomic E-state index is 0.660. The summed E-state index contributed by atoms with van der Waals surface area (Å²) in [4.78, 5) is 10.6. The fourth-order valence-corrected chi connectivity index (χ4v) is 2.11. The fraction of sp³-hybridized carbons (Fsp3) is 0.111. The lowest BCUT2D eigenvalue weighted by atomic mass is 10.2. The van der Waals surface area contributed by atoms with Crippen molar-refractivity contribution in [1.29, 1.82) is 0 Å². The van der Waals surface area contributed by atoms with Crippen molar-refractivity contribution in [2.24, 2.45) is 7.05 Å². The van der Waals surface area contributed by atoms with Crippen LogP contribution in [0.2, 0.25) is 0 Å². The van der Waals surface area contributed by atoms with E-state index in [1.165, 1.54) is 0 Å². The Kier molecular flexibility index (Phi) is 1.92. The summed E-state index contributed by atoms with van der Waals surface area (Å²) in [7, 11) is 1.87. The first kappa shape index (κ1) is 8.44. The maximum atomic E-state index is 10.6. The standard InChI is InChI=1S/C9H7BrN2O/c1-12-9-7(4-11-12)2-6(5-13)3-8(9)10/h2-5H,1H3. The second-order valence-corrected chi connectivity index (χ2v) is 3.68. The summed E-state index contributed by atoms with van der Waals surface area (Å²) in [6.07, 6.45) is 2.57. The van der Waals surface area contributed by atoms with Gasteiger partial charge in [0, 0.05) is 22.5 Å². The normalized spacial score (nSPS) is 10.6. The molecule has 3 nitrogen and oxygen atoms in total. The quantitative estimate of drug-likeness (QED) is 0.714. The van der Waals surface area contributed by atoms with Crippen LogP contribution < -0.4 is 0 Å². The maximum absolute atomic E-state index is 10.6. The number of nitrogens with zero attached hydrogens (tertiary/aromatic N) is 2. The van der Waals surface area contributed by atoms with Gasteiger partial charge in [-0.1, -0.05) is 0 Å². The van der Waals surface area contributed by atoms with Crippen molar-refractivity contribution in [2.45, 2.75) is 0 Å². The van der Waals surface area contributed by atoms with Gasteiger partial charge in [-0.15, -0.1) is 0 Å². The number of carbonyl (C=O) groups is 1. The van der Waals surface area contributed by atoms with Gasteiger partial charge in [0.25, 0.3) is 0 Å². The van der Waals surface area contributed by atoms with Crippen molar-refractivity contribution in [3.63, 3.8) is 0 Å². The van der Waals surface area contributed by atoms with E-state index in [1.54, 1.807) is 16.9 Å². The van der Waals surface area contributed by atoms with Crippen LogP contribution >= 0.6 is 15.9 Å². The van der Waals surface area contributed by atoms with Gasteiger partial charge >= 0.3 is 0 Å². The Labute approximate surface area is 83.5 Å². The molecule has 0 N–H and O–H groups in total. The molecule has 0 saturated carbocycles. The summed E-state index contributed by atoms with van der Waals surface area (Å²) in [6.45, 7) is 0. The first-order valence-electron chi connectivity index (χ1n) is 3.79. The molecule has 2 aromatic rings. The number of benzene rings is 1. The number of aldehydes is 1. The number of fused-ring (bicyclic) bond motifs is 1. The highest BCUT2D eigenvalue weighted by Gasteiger charge is 2.05. The van der Waals surface area contributed by atoms with Crippen LogP contribution in [0.25, 0.3) is 10.9 Å². The molecule has 4 heteroatoms. The Morgan fingerprint density at radius 2 is 2.31 bits per heavy atom. The van der Waals surface area contributed by atoms with Gasteiger partial charge in [0.2, 0.25) is 0 Å². The molecule has 1 heterocycles. The molecule has 0 atom stereocenters. The topological polar surface area (TPSA) is 34.9 Å². The van der Waals surface area contributed by atoms with E-state index in [1.807, 2.05) is 13.1 Å². The Morgan fingerprint density at radius 1 is 1.54 bits per heavy atom. The molecule has 0 unspecified atom stereocenters. The van der Waals surface area contributed by atoms with Crippen molar-refractivity contribution < 1.29 is 4.79 Å². The Bertz CT molecular complexity index is 476. The van der Waals surface area contributed by atoms with Crippen molar-refractivity contribution >= 4 is 33.1 Å². The molecule has 0 radical (unpaired) electrons. The molecule has 0 amide bonds. The van der Waals surface area contributed by atoms with Gasteiger partial charge in [0.1, 0.15) is 6.29 Å². The molecule has 1 aromatic carbocycles. The summed E-state index contributed by atoms with van der Waals surface area (Å²) in [5.41, 5.74) is 1.66. The molecule has 0 bridgehead atoms. The second-order valence-electron chi connectivity index (χ2n) is 2.83. The molecule has 0 aliphatic carbocycles. The highest BCUT2D eigenvalue weighted by molar-refractivity contribution is 9.10. The number of hydrogen-bond acceptors (Lipinski definition) is 2. The van der Waals surface area contributed by atoms with E-state index in [-0.39, 0.29) is 0 Å². The molecule has 0 aliphatic heterocycles. The molecule has 0 fully saturated rings. The van der Waals surface area contributed by atoms with Crippen molar-refractivity contribution in [3.8, 4) is 0 Å². The van der Waals surface area contributed by atoms with E-state index >= 15 is 0 Å². The lowest BCUT2D eigenvalue weighted by molar-refractivity contribution is 0.112. The third-order valence-corrected chi connectivity index (χ3v) is 2.55. The average Bonchev–Trinajstić information content (AvgIpc) is 2.48. The Hall–Kier alpha value is -1.16. The zero-order valence-corrected chi connectivity index (χ0v) is 8.58. The predicted octanol–water partition coefficient (Wildman–Crippen LogP) is 2.15. The lowest BCUT2D eigenvalue weighted by Crippen LogP contribution is -1.90. The summed E-state index contributed by atoms with van der Waals surface area (Å²) in [6, 6.07) is 3.61. The molecule has 0 saturated heterocycles. The predicted molar refractivity (Wildman–Crippen MR) is 53.8 cm³/mol. The van der Waals surface area contributed by atoms with Gasteiger partial charge in [-0.2, -0.15) is 5.10 Å². The van der Waals surface area contributed by atoms with Gasteiger partial charge in [-0.3, -0.25) is 9.48 Å². The maximum Gasteiger partial charge on any atom is 0.150 e. The molecule has 1 aromatic heterocycles. The average molecular weight is 239 g/mol. The molecule has 0 spiro atoms. The number of aryl methyl sites for hydroxylation is 1. The Morgan fingerprint density at radius 3 is 3.00 bits per heavy atom. The van der Waals surface area contributed by atoms with Crippen LogP contribution in [0.1, 0.15) is 10.4 Å². The van der Waals surface area contributed by atoms with E-state index in [4.69, 9.17) is 0 Å². The SMILES string of the molecule is Cn1ncc2cc(C=O)cc(Br)c21.